The molecule has 4 N–H and O–H groups in total. The summed E-state index contributed by atoms with van der Waals surface area (Å²) < 4.78 is 6.15. The Bertz CT molecular complexity index is 890. The molecule has 3 rings (SSSR count). The lowest BCUT2D eigenvalue weighted by Crippen LogP contribution is -2.62. The number of nitrogens with zero attached hydrogens (tertiary/aromatic N) is 1. The Morgan fingerprint density at radius 1 is 0.705 bits per heavy atom. The summed E-state index contributed by atoms with van der Waals surface area (Å²) in [6.07, 6.45) is 12.4. The lowest BCUT2D eigenvalue weighted by Gasteiger charge is -2.53. The molecule has 0 spiro atoms. The molecule has 7 heteroatoms. The molecule has 3 fully saturated rings. The highest BCUT2D eigenvalue weighted by Crippen LogP contribution is 2.38. The average Bonchev–Trinajstić information content (AvgIpc) is 2.78. The molecule has 0 amide bonds. The highest BCUT2D eigenvalue weighted by molar-refractivity contribution is 5.69. The van der Waals surface area contributed by atoms with E-state index in [1.54, 1.807) is 0 Å². The number of piperidine rings is 3. The number of nitrogens with one attached hydrogen (secondary N) is 4. The molecule has 44 heavy (non-hydrogen) atoms. The van der Waals surface area contributed by atoms with Crippen molar-refractivity contribution in [2.45, 2.75) is 218 Å². The quantitative estimate of drug-likeness (QED) is 0.135. The maximum atomic E-state index is 13.2. The molecule has 0 aromatic heterocycles. The summed E-state index contributed by atoms with van der Waals surface area (Å²) in [5.74, 6) is -0.0269. The van der Waals surface area contributed by atoms with Gasteiger partial charge in [-0.3, -0.25) is 9.69 Å². The van der Waals surface area contributed by atoms with E-state index in [0.717, 1.165) is 45.1 Å². The van der Waals surface area contributed by atoms with Crippen LogP contribution in [-0.4, -0.2) is 81.9 Å². The summed E-state index contributed by atoms with van der Waals surface area (Å²) in [7, 11) is 2.20. The molecule has 3 aliphatic heterocycles. The smallest absolute Gasteiger partial charge is 0.306 e. The van der Waals surface area contributed by atoms with E-state index < -0.39 is 0 Å². The Hall–Kier alpha value is -0.730. The SMILES string of the molecule is CN1C(C)(C)CC(OC(=O)CCC(CCCCCNC2CC(C)(C)NC(C)(C)C2)NC2CC(C)(C)NC(C)(C)C2)CC1(C)C. The number of hydrogen-bond donors (Lipinski definition) is 4. The van der Waals surface area contributed by atoms with Crippen molar-refractivity contribution in [2.24, 2.45) is 0 Å². The van der Waals surface area contributed by atoms with Crippen LogP contribution in [0.15, 0.2) is 0 Å². The summed E-state index contributed by atoms with van der Waals surface area (Å²) >= 11 is 0. The first kappa shape index (κ1) is 37.7. The van der Waals surface area contributed by atoms with Crippen LogP contribution in [-0.2, 0) is 9.53 Å². The minimum Gasteiger partial charge on any atom is -0.462 e. The van der Waals surface area contributed by atoms with Gasteiger partial charge in [-0.25, -0.2) is 0 Å². The standard InChI is InChI=1S/C37H73N5O2/c1-32(2)21-28(22-33(3,4)40-32)38-20-16-14-15-17-27(39-29-23-34(5,6)41-35(7,8)24-29)18-19-31(43)44-30-25-36(9,10)42(13)37(11,12)26-30/h27-30,38-41H,14-26H2,1-13H3. The normalized spacial score (nSPS) is 27.6. The number of esters is 1. The molecule has 258 valence electrons. The zero-order chi connectivity index (χ0) is 33.2. The van der Waals surface area contributed by atoms with Crippen LogP contribution >= 0.6 is 0 Å². The lowest BCUT2D eigenvalue weighted by molar-refractivity contribution is -0.159. The largest absolute Gasteiger partial charge is 0.462 e. The van der Waals surface area contributed by atoms with Crippen molar-refractivity contribution in [3.63, 3.8) is 0 Å². The molecule has 3 heterocycles. The van der Waals surface area contributed by atoms with Gasteiger partial charge in [0, 0.05) is 70.6 Å². The van der Waals surface area contributed by atoms with Crippen molar-refractivity contribution < 1.29 is 9.53 Å². The van der Waals surface area contributed by atoms with Gasteiger partial charge >= 0.3 is 5.97 Å². The fourth-order valence-corrected chi connectivity index (χ4v) is 9.45. The van der Waals surface area contributed by atoms with Crippen LogP contribution in [0.5, 0.6) is 0 Å². The van der Waals surface area contributed by atoms with Crippen LogP contribution in [0.4, 0.5) is 0 Å². The number of rotatable bonds is 13. The van der Waals surface area contributed by atoms with Crippen molar-refractivity contribution in [3.8, 4) is 0 Å². The molecule has 0 aromatic carbocycles. The highest BCUT2D eigenvalue weighted by atomic mass is 16.5. The molecule has 0 aromatic rings. The zero-order valence-corrected chi connectivity index (χ0v) is 31.3. The van der Waals surface area contributed by atoms with Crippen molar-refractivity contribution in [1.82, 2.24) is 26.2 Å². The van der Waals surface area contributed by atoms with E-state index in [-0.39, 0.29) is 45.3 Å². The minimum absolute atomic E-state index is 0.00952. The van der Waals surface area contributed by atoms with E-state index in [2.05, 4.69) is 116 Å². The molecule has 3 aliphatic rings. The van der Waals surface area contributed by atoms with Crippen LogP contribution in [0.25, 0.3) is 0 Å². The van der Waals surface area contributed by atoms with Gasteiger partial charge < -0.3 is 26.0 Å². The topological polar surface area (TPSA) is 77.7 Å². The number of carbonyl (C=O) groups is 1. The monoisotopic (exact) mass is 620 g/mol. The minimum atomic E-state index is -0.0269. The second-order valence-corrected chi connectivity index (χ2v) is 18.9. The van der Waals surface area contributed by atoms with Crippen LogP contribution < -0.4 is 21.3 Å². The van der Waals surface area contributed by atoms with Gasteiger partial charge in [-0.05, 0) is 142 Å². The molecule has 0 bridgehead atoms. The molecule has 0 saturated carbocycles. The molecule has 0 radical (unpaired) electrons. The molecule has 3 saturated heterocycles. The molecule has 0 aliphatic carbocycles. The first-order valence-electron chi connectivity index (χ1n) is 18.0. The van der Waals surface area contributed by atoms with E-state index in [0.29, 0.717) is 24.5 Å². The summed E-state index contributed by atoms with van der Waals surface area (Å²) in [5, 5.41) is 15.5. The van der Waals surface area contributed by atoms with E-state index in [1.807, 2.05) is 0 Å². The van der Waals surface area contributed by atoms with Gasteiger partial charge in [0.2, 0.25) is 0 Å². The summed E-state index contributed by atoms with van der Waals surface area (Å²) in [5.41, 5.74) is 0.579. The Morgan fingerprint density at radius 3 is 1.68 bits per heavy atom. The summed E-state index contributed by atoms with van der Waals surface area (Å²) in [4.78, 5) is 15.6. The number of carbonyl (C=O) groups excluding carboxylic acids is 1. The Balaban J connectivity index is 1.51. The van der Waals surface area contributed by atoms with Gasteiger partial charge in [0.25, 0.3) is 0 Å². The number of ether oxygens (including phenoxy) is 1. The van der Waals surface area contributed by atoms with E-state index in [4.69, 9.17) is 4.74 Å². The van der Waals surface area contributed by atoms with Gasteiger partial charge in [-0.2, -0.15) is 0 Å². The van der Waals surface area contributed by atoms with E-state index in [1.165, 1.54) is 32.1 Å². The first-order valence-corrected chi connectivity index (χ1v) is 18.0. The van der Waals surface area contributed by atoms with Crippen molar-refractivity contribution in [1.29, 1.82) is 0 Å². The fraction of sp³-hybridized carbons (Fsp3) is 0.973. The third kappa shape index (κ3) is 11.8. The Labute approximate surface area is 272 Å². The average molecular weight is 620 g/mol. The molecular formula is C37H73N5O2. The van der Waals surface area contributed by atoms with Crippen molar-refractivity contribution in [3.05, 3.63) is 0 Å². The van der Waals surface area contributed by atoms with Gasteiger partial charge in [-0.15, -0.1) is 0 Å². The maximum absolute atomic E-state index is 13.2. The van der Waals surface area contributed by atoms with Gasteiger partial charge in [0.05, 0.1) is 0 Å². The second kappa shape index (κ2) is 14.2. The van der Waals surface area contributed by atoms with Gasteiger partial charge in [-0.1, -0.05) is 12.8 Å². The number of likely N-dealkylation sites (tertiary alicyclic amines) is 1. The number of hydrogen-bond acceptors (Lipinski definition) is 7. The van der Waals surface area contributed by atoms with Gasteiger partial charge in [0.1, 0.15) is 6.10 Å². The first-order chi connectivity index (χ1) is 20.0. The maximum Gasteiger partial charge on any atom is 0.306 e. The third-order valence-electron chi connectivity index (χ3n) is 10.8. The van der Waals surface area contributed by atoms with Crippen LogP contribution in [0, 0.1) is 0 Å². The summed E-state index contributed by atoms with van der Waals surface area (Å²) in [6, 6.07) is 1.36. The predicted molar refractivity (Wildman–Crippen MR) is 186 cm³/mol. The van der Waals surface area contributed by atoms with Crippen LogP contribution in [0.3, 0.4) is 0 Å². The lowest BCUT2D eigenvalue weighted by atomic mass is 9.78. The van der Waals surface area contributed by atoms with Crippen LogP contribution in [0.1, 0.15) is 160 Å². The molecular weight excluding hydrogens is 546 g/mol. The molecule has 7 nitrogen and oxygen atoms in total. The zero-order valence-electron chi connectivity index (χ0n) is 31.3. The third-order valence-corrected chi connectivity index (χ3v) is 10.8. The highest BCUT2D eigenvalue weighted by Gasteiger charge is 2.44. The number of unbranched alkanes of at least 4 members (excludes halogenated alkanes) is 2. The second-order valence-electron chi connectivity index (χ2n) is 18.9. The Morgan fingerprint density at radius 2 is 1.18 bits per heavy atom. The predicted octanol–water partition coefficient (Wildman–Crippen LogP) is 6.69. The fourth-order valence-electron chi connectivity index (χ4n) is 9.45. The summed E-state index contributed by atoms with van der Waals surface area (Å²) in [6.45, 7) is 28.7. The van der Waals surface area contributed by atoms with Crippen molar-refractivity contribution >= 4 is 5.97 Å². The van der Waals surface area contributed by atoms with Crippen LogP contribution in [0.2, 0.25) is 0 Å². The molecule has 1 atom stereocenters. The van der Waals surface area contributed by atoms with E-state index in [9.17, 15) is 4.79 Å². The van der Waals surface area contributed by atoms with Gasteiger partial charge in [0.15, 0.2) is 0 Å². The Kier molecular flexibility index (Phi) is 12.2. The molecule has 1 unspecified atom stereocenters. The van der Waals surface area contributed by atoms with E-state index >= 15 is 0 Å². The van der Waals surface area contributed by atoms with Crippen molar-refractivity contribution in [2.75, 3.05) is 13.6 Å².